The van der Waals surface area contributed by atoms with Crippen molar-refractivity contribution in [2.45, 2.75) is 52.5 Å². The molecule has 28 heavy (non-hydrogen) atoms. The van der Waals surface area contributed by atoms with E-state index >= 15 is 0 Å². The highest BCUT2D eigenvalue weighted by Gasteiger charge is 2.24. The minimum absolute atomic E-state index is 0.0736. The highest BCUT2D eigenvalue weighted by molar-refractivity contribution is 5.93. The minimum Gasteiger partial charge on any atom is -0.342 e. The fraction of sp³-hybridized carbons (Fsp3) is 0.500. The number of anilines is 1. The van der Waals surface area contributed by atoms with Gasteiger partial charge >= 0.3 is 0 Å². The number of nitrogens with one attached hydrogen (secondary N) is 1. The first kappa shape index (κ1) is 20.1. The van der Waals surface area contributed by atoms with Gasteiger partial charge in [-0.2, -0.15) is 0 Å². The molecule has 1 unspecified atom stereocenters. The average Bonchev–Trinajstić information content (AvgIpc) is 3.11. The van der Waals surface area contributed by atoms with Gasteiger partial charge in [0.25, 0.3) is 0 Å². The summed E-state index contributed by atoms with van der Waals surface area (Å²) >= 11 is 0. The summed E-state index contributed by atoms with van der Waals surface area (Å²) in [5.41, 5.74) is 1.98. The van der Waals surface area contributed by atoms with E-state index in [-0.39, 0.29) is 24.7 Å². The van der Waals surface area contributed by atoms with Gasteiger partial charge in [0.2, 0.25) is 11.8 Å². The highest BCUT2D eigenvalue weighted by atomic mass is 16.2. The molecule has 0 bridgehead atoms. The topological polar surface area (TPSA) is 67.2 Å². The quantitative estimate of drug-likeness (QED) is 0.798. The zero-order chi connectivity index (χ0) is 19.9. The van der Waals surface area contributed by atoms with Crippen molar-refractivity contribution in [1.29, 1.82) is 0 Å². The number of aromatic nitrogens is 2. The molecule has 0 aliphatic carbocycles. The van der Waals surface area contributed by atoms with Gasteiger partial charge in [-0.25, -0.2) is 4.98 Å². The predicted octanol–water partition coefficient (Wildman–Crippen LogP) is 3.41. The molecule has 1 aromatic carbocycles. The maximum atomic E-state index is 12.6. The van der Waals surface area contributed by atoms with Crippen LogP contribution >= 0.6 is 0 Å². The van der Waals surface area contributed by atoms with E-state index in [0.717, 1.165) is 50.4 Å². The van der Waals surface area contributed by atoms with Gasteiger partial charge in [0, 0.05) is 50.6 Å². The van der Waals surface area contributed by atoms with Gasteiger partial charge in [0.05, 0.1) is 0 Å². The summed E-state index contributed by atoms with van der Waals surface area (Å²) in [5, 5.41) is 2.90. The summed E-state index contributed by atoms with van der Waals surface area (Å²) in [6.45, 7) is 6.53. The molecule has 2 amide bonds. The molecule has 6 heteroatoms. The maximum Gasteiger partial charge on any atom is 0.224 e. The van der Waals surface area contributed by atoms with E-state index in [1.807, 2.05) is 48.5 Å². The smallest absolute Gasteiger partial charge is 0.224 e. The van der Waals surface area contributed by atoms with Gasteiger partial charge in [0.1, 0.15) is 5.82 Å². The second-order valence-electron chi connectivity index (χ2n) is 7.58. The highest BCUT2D eigenvalue weighted by Crippen LogP contribution is 2.20. The first-order valence-corrected chi connectivity index (χ1v) is 10.2. The zero-order valence-electron chi connectivity index (χ0n) is 16.9. The lowest BCUT2D eigenvalue weighted by Crippen LogP contribution is -2.41. The number of nitrogens with zero attached hydrogens (tertiary/aromatic N) is 3. The summed E-state index contributed by atoms with van der Waals surface area (Å²) in [7, 11) is 0. The number of hydrogen-bond acceptors (Lipinski definition) is 3. The van der Waals surface area contributed by atoms with Crippen LogP contribution in [0.1, 0.15) is 44.0 Å². The van der Waals surface area contributed by atoms with E-state index in [9.17, 15) is 9.59 Å². The predicted molar refractivity (Wildman–Crippen MR) is 110 cm³/mol. The fourth-order valence-corrected chi connectivity index (χ4v) is 3.79. The van der Waals surface area contributed by atoms with E-state index in [4.69, 9.17) is 0 Å². The zero-order valence-corrected chi connectivity index (χ0v) is 16.9. The van der Waals surface area contributed by atoms with E-state index in [2.05, 4.69) is 21.8 Å². The van der Waals surface area contributed by atoms with E-state index in [0.29, 0.717) is 5.92 Å². The van der Waals surface area contributed by atoms with E-state index < -0.39 is 0 Å². The van der Waals surface area contributed by atoms with Crippen LogP contribution in [0, 0.1) is 12.8 Å². The Kier molecular flexibility index (Phi) is 6.85. The van der Waals surface area contributed by atoms with Gasteiger partial charge in [-0.1, -0.05) is 19.1 Å². The number of piperidine rings is 1. The monoisotopic (exact) mass is 382 g/mol. The molecule has 1 aromatic heterocycles. The fourth-order valence-electron chi connectivity index (χ4n) is 3.79. The first-order chi connectivity index (χ1) is 13.5. The van der Waals surface area contributed by atoms with Crippen LogP contribution in [0.3, 0.4) is 0 Å². The van der Waals surface area contributed by atoms with Crippen LogP contribution in [-0.2, 0) is 22.6 Å². The lowest BCUT2D eigenvalue weighted by Gasteiger charge is -2.33. The van der Waals surface area contributed by atoms with Crippen molar-refractivity contribution in [3.63, 3.8) is 0 Å². The molecule has 0 spiro atoms. The Morgan fingerprint density at radius 3 is 2.89 bits per heavy atom. The van der Waals surface area contributed by atoms with Gasteiger partial charge in [-0.3, -0.25) is 9.59 Å². The number of amides is 2. The molecular formula is C22H30N4O2. The number of aryl methyl sites for hydroxylation is 2. The summed E-state index contributed by atoms with van der Waals surface area (Å²) in [6.07, 6.45) is 7.35. The normalized spacial score (nSPS) is 16.8. The van der Waals surface area contributed by atoms with Gasteiger partial charge in [-0.05, 0) is 49.8 Å². The molecule has 1 aliphatic rings. The van der Waals surface area contributed by atoms with Crippen LogP contribution in [0.4, 0.5) is 5.69 Å². The molecule has 1 saturated heterocycles. The number of hydrogen-bond donors (Lipinski definition) is 1. The molecule has 1 atom stereocenters. The molecule has 1 fully saturated rings. The Morgan fingerprint density at radius 1 is 1.29 bits per heavy atom. The molecule has 3 rings (SSSR count). The van der Waals surface area contributed by atoms with Gasteiger partial charge < -0.3 is 14.8 Å². The molecule has 6 nitrogen and oxygen atoms in total. The standard InChI is InChI=1S/C22H30N4O2/c1-3-18-6-4-8-20(14-18)24-21(27)9-10-22(28)26-12-5-7-19(16-26)15-25-13-11-23-17(25)2/h4,6,8,11,13-14,19H,3,5,7,9-10,12,15-16H2,1-2H3,(H,24,27). The maximum absolute atomic E-state index is 12.6. The number of likely N-dealkylation sites (tertiary alicyclic amines) is 1. The lowest BCUT2D eigenvalue weighted by molar-refractivity contribution is -0.134. The molecule has 1 N–H and O–H groups in total. The molecule has 2 aromatic rings. The molecule has 0 radical (unpaired) electrons. The van der Waals surface area contributed by atoms with E-state index in [1.54, 1.807) is 0 Å². The van der Waals surface area contributed by atoms with Crippen LogP contribution in [0.5, 0.6) is 0 Å². The third-order valence-electron chi connectivity index (χ3n) is 5.44. The van der Waals surface area contributed by atoms with Crippen LogP contribution < -0.4 is 5.32 Å². The van der Waals surface area contributed by atoms with Crippen molar-refractivity contribution >= 4 is 17.5 Å². The lowest BCUT2D eigenvalue weighted by atomic mass is 9.97. The van der Waals surface area contributed by atoms with Crippen LogP contribution in [-0.4, -0.2) is 39.4 Å². The number of rotatable bonds is 7. The SMILES string of the molecule is CCc1cccc(NC(=O)CCC(=O)N2CCCC(Cn3ccnc3C)C2)c1. The molecule has 0 saturated carbocycles. The molecule has 1 aliphatic heterocycles. The summed E-state index contributed by atoms with van der Waals surface area (Å²) in [6, 6.07) is 7.84. The summed E-state index contributed by atoms with van der Waals surface area (Å²) in [5.74, 6) is 1.41. The third-order valence-corrected chi connectivity index (χ3v) is 5.44. The van der Waals surface area contributed by atoms with Crippen molar-refractivity contribution in [2.24, 2.45) is 5.92 Å². The van der Waals surface area contributed by atoms with Crippen molar-refractivity contribution in [3.05, 3.63) is 48.0 Å². The van der Waals surface area contributed by atoms with E-state index in [1.165, 1.54) is 5.56 Å². The number of carbonyl (C=O) groups is 2. The number of carbonyl (C=O) groups excluding carboxylic acids is 2. The molecule has 150 valence electrons. The Balaban J connectivity index is 1.45. The third kappa shape index (κ3) is 5.44. The Morgan fingerprint density at radius 2 is 2.14 bits per heavy atom. The van der Waals surface area contributed by atoms with Crippen molar-refractivity contribution < 1.29 is 9.59 Å². The molecule has 2 heterocycles. The minimum atomic E-state index is -0.107. The van der Waals surface area contributed by atoms with Crippen molar-refractivity contribution in [1.82, 2.24) is 14.5 Å². The number of benzene rings is 1. The van der Waals surface area contributed by atoms with Crippen LogP contribution in [0.25, 0.3) is 0 Å². The second kappa shape index (κ2) is 9.53. The summed E-state index contributed by atoms with van der Waals surface area (Å²) in [4.78, 5) is 31.0. The second-order valence-corrected chi connectivity index (χ2v) is 7.58. The largest absolute Gasteiger partial charge is 0.342 e. The first-order valence-electron chi connectivity index (χ1n) is 10.2. The van der Waals surface area contributed by atoms with Crippen LogP contribution in [0.2, 0.25) is 0 Å². The van der Waals surface area contributed by atoms with Gasteiger partial charge in [0.15, 0.2) is 0 Å². The Labute approximate surface area is 166 Å². The van der Waals surface area contributed by atoms with Crippen LogP contribution in [0.15, 0.2) is 36.7 Å². The van der Waals surface area contributed by atoms with Crippen molar-refractivity contribution in [3.8, 4) is 0 Å². The van der Waals surface area contributed by atoms with Crippen molar-refractivity contribution in [2.75, 3.05) is 18.4 Å². The molecular weight excluding hydrogens is 352 g/mol. The van der Waals surface area contributed by atoms with Gasteiger partial charge in [-0.15, -0.1) is 0 Å². The Bertz CT molecular complexity index is 814. The average molecular weight is 383 g/mol. The number of imidazole rings is 1. The summed E-state index contributed by atoms with van der Waals surface area (Å²) < 4.78 is 2.15. The Hall–Kier alpha value is -2.63.